The fourth-order valence-electron chi connectivity index (χ4n) is 4.27. The zero-order chi connectivity index (χ0) is 22.9. The van der Waals surface area contributed by atoms with Crippen LogP contribution in [-0.2, 0) is 4.74 Å². The molecular formula is C28H50NO3+. The lowest BCUT2D eigenvalue weighted by atomic mass is 10.0. The molecule has 0 saturated carbocycles. The summed E-state index contributed by atoms with van der Waals surface area (Å²) in [7, 11) is 6.87. The number of hydrogen-bond donors (Lipinski definition) is 0. The van der Waals surface area contributed by atoms with Gasteiger partial charge in [0, 0.05) is 6.61 Å². The Morgan fingerprint density at radius 1 is 0.719 bits per heavy atom. The van der Waals surface area contributed by atoms with Crippen LogP contribution in [0.1, 0.15) is 89.9 Å². The molecule has 1 aliphatic heterocycles. The average Bonchev–Trinajstić information content (AvgIpc) is 2.77. The van der Waals surface area contributed by atoms with Crippen LogP contribution in [0, 0.1) is 0 Å². The van der Waals surface area contributed by atoms with Crippen molar-refractivity contribution in [2.75, 3.05) is 47.5 Å². The Balaban J connectivity index is 1.26. The van der Waals surface area contributed by atoms with E-state index in [1.165, 1.54) is 90.0 Å². The van der Waals surface area contributed by atoms with Crippen molar-refractivity contribution < 1.29 is 18.7 Å². The molecule has 0 aliphatic carbocycles. The SMILES string of the molecule is C[N+](C)(C)CCCCCCCCCCCCCCCCOCC1COc2ccccc2O1. The maximum Gasteiger partial charge on any atom is 0.161 e. The zero-order valence-electron chi connectivity index (χ0n) is 21.3. The van der Waals surface area contributed by atoms with E-state index in [9.17, 15) is 0 Å². The van der Waals surface area contributed by atoms with Gasteiger partial charge in [-0.25, -0.2) is 0 Å². The number of hydrogen-bond acceptors (Lipinski definition) is 3. The van der Waals surface area contributed by atoms with E-state index in [1.54, 1.807) is 0 Å². The maximum atomic E-state index is 5.92. The molecule has 1 aromatic carbocycles. The van der Waals surface area contributed by atoms with Crippen molar-refractivity contribution in [2.24, 2.45) is 0 Å². The van der Waals surface area contributed by atoms with Crippen LogP contribution < -0.4 is 9.47 Å². The molecule has 32 heavy (non-hydrogen) atoms. The second-order valence-electron chi connectivity index (χ2n) is 10.5. The Morgan fingerprint density at radius 3 is 1.78 bits per heavy atom. The van der Waals surface area contributed by atoms with Crippen molar-refractivity contribution in [3.8, 4) is 11.5 Å². The van der Waals surface area contributed by atoms with Gasteiger partial charge in [0.1, 0.15) is 6.61 Å². The first-order valence-corrected chi connectivity index (χ1v) is 13.3. The molecule has 2 rings (SSSR count). The highest BCUT2D eigenvalue weighted by Crippen LogP contribution is 2.30. The Bertz CT molecular complexity index is 584. The molecule has 0 spiro atoms. The van der Waals surface area contributed by atoms with E-state index in [2.05, 4.69) is 21.1 Å². The number of fused-ring (bicyclic) bond motifs is 1. The van der Waals surface area contributed by atoms with Crippen molar-refractivity contribution in [2.45, 2.75) is 96.0 Å². The minimum absolute atomic E-state index is 0.0118. The molecule has 1 atom stereocenters. The normalized spacial score (nSPS) is 15.8. The van der Waals surface area contributed by atoms with Gasteiger partial charge in [0.2, 0.25) is 0 Å². The molecule has 0 radical (unpaired) electrons. The second kappa shape index (κ2) is 16.4. The van der Waals surface area contributed by atoms with Crippen LogP contribution in [0.3, 0.4) is 0 Å². The molecule has 1 unspecified atom stereocenters. The summed E-state index contributed by atoms with van der Waals surface area (Å²) in [4.78, 5) is 0. The van der Waals surface area contributed by atoms with E-state index in [4.69, 9.17) is 14.2 Å². The highest BCUT2D eigenvalue weighted by molar-refractivity contribution is 5.40. The molecule has 0 aromatic heterocycles. The van der Waals surface area contributed by atoms with Gasteiger partial charge in [0.05, 0.1) is 34.3 Å². The van der Waals surface area contributed by atoms with E-state index >= 15 is 0 Å². The predicted molar refractivity (Wildman–Crippen MR) is 135 cm³/mol. The summed E-state index contributed by atoms with van der Waals surface area (Å²) in [6.45, 7) is 3.34. The third kappa shape index (κ3) is 13.3. The first-order chi connectivity index (χ1) is 15.5. The number of nitrogens with zero attached hydrogens (tertiary/aromatic N) is 1. The van der Waals surface area contributed by atoms with Crippen molar-refractivity contribution in [1.82, 2.24) is 0 Å². The van der Waals surface area contributed by atoms with Crippen LogP contribution in [0.4, 0.5) is 0 Å². The minimum Gasteiger partial charge on any atom is -0.486 e. The summed E-state index contributed by atoms with van der Waals surface area (Å²) in [6, 6.07) is 7.85. The zero-order valence-corrected chi connectivity index (χ0v) is 21.3. The summed E-state index contributed by atoms with van der Waals surface area (Å²) in [5.74, 6) is 1.67. The monoisotopic (exact) mass is 448 g/mol. The Hall–Kier alpha value is -1.26. The van der Waals surface area contributed by atoms with Crippen LogP contribution >= 0.6 is 0 Å². The lowest BCUT2D eigenvalue weighted by Crippen LogP contribution is -2.35. The van der Waals surface area contributed by atoms with Crippen LogP contribution in [0.5, 0.6) is 11.5 Å². The van der Waals surface area contributed by atoms with Crippen molar-refractivity contribution in [1.29, 1.82) is 0 Å². The van der Waals surface area contributed by atoms with E-state index in [0.29, 0.717) is 13.2 Å². The molecule has 4 nitrogen and oxygen atoms in total. The van der Waals surface area contributed by atoms with Gasteiger partial charge in [0.15, 0.2) is 17.6 Å². The minimum atomic E-state index is 0.0118. The van der Waals surface area contributed by atoms with Gasteiger partial charge < -0.3 is 18.7 Å². The summed E-state index contributed by atoms with van der Waals surface area (Å²) in [6.07, 6.45) is 19.4. The van der Waals surface area contributed by atoms with E-state index in [0.717, 1.165) is 29.0 Å². The molecule has 1 aliphatic rings. The number of quaternary nitrogens is 1. The topological polar surface area (TPSA) is 27.7 Å². The number of ether oxygens (including phenoxy) is 3. The third-order valence-corrected chi connectivity index (χ3v) is 6.24. The number of unbranched alkanes of at least 4 members (excludes halogenated alkanes) is 13. The summed E-state index contributed by atoms with van der Waals surface area (Å²) in [5.41, 5.74) is 0. The molecule has 0 bridgehead atoms. The molecule has 1 aromatic rings. The van der Waals surface area contributed by atoms with E-state index in [1.807, 2.05) is 24.3 Å². The summed E-state index contributed by atoms with van der Waals surface area (Å²) < 4.78 is 18.6. The summed E-state index contributed by atoms with van der Waals surface area (Å²) >= 11 is 0. The molecule has 4 heteroatoms. The number of benzene rings is 1. The van der Waals surface area contributed by atoms with Gasteiger partial charge in [-0.3, -0.25) is 0 Å². The first-order valence-electron chi connectivity index (χ1n) is 13.3. The van der Waals surface area contributed by atoms with Crippen LogP contribution in [0.15, 0.2) is 24.3 Å². The van der Waals surface area contributed by atoms with E-state index < -0.39 is 0 Å². The van der Waals surface area contributed by atoms with E-state index in [-0.39, 0.29) is 6.10 Å². The standard InChI is InChI=1S/C28H50NO3/c1-29(2,3)22-18-14-12-10-8-6-4-5-7-9-11-13-15-19-23-30-24-26-25-31-27-20-16-17-21-28(27)32-26/h16-17,20-21,26H,4-15,18-19,22-25H2,1-3H3/q+1. The molecule has 1 heterocycles. The first kappa shape index (κ1) is 27.0. The maximum absolute atomic E-state index is 5.92. The average molecular weight is 449 g/mol. The molecule has 0 fully saturated rings. The Kier molecular flexibility index (Phi) is 13.8. The highest BCUT2D eigenvalue weighted by atomic mass is 16.6. The number of para-hydroxylation sites is 2. The van der Waals surface area contributed by atoms with Gasteiger partial charge in [-0.1, -0.05) is 82.8 Å². The van der Waals surface area contributed by atoms with Gasteiger partial charge in [-0.15, -0.1) is 0 Å². The van der Waals surface area contributed by atoms with Gasteiger partial charge >= 0.3 is 0 Å². The molecule has 0 amide bonds. The fraction of sp³-hybridized carbons (Fsp3) is 0.786. The smallest absolute Gasteiger partial charge is 0.161 e. The van der Waals surface area contributed by atoms with Crippen LogP contribution in [-0.4, -0.2) is 58.1 Å². The fourth-order valence-corrected chi connectivity index (χ4v) is 4.27. The molecular weight excluding hydrogens is 398 g/mol. The van der Waals surface area contributed by atoms with Crippen molar-refractivity contribution in [3.05, 3.63) is 24.3 Å². The molecule has 0 saturated heterocycles. The Labute approximate surface area is 198 Å². The lowest BCUT2D eigenvalue weighted by Gasteiger charge is -2.26. The molecule has 184 valence electrons. The summed E-state index contributed by atoms with van der Waals surface area (Å²) in [5, 5.41) is 0. The third-order valence-electron chi connectivity index (χ3n) is 6.24. The lowest BCUT2D eigenvalue weighted by molar-refractivity contribution is -0.870. The second-order valence-corrected chi connectivity index (χ2v) is 10.5. The van der Waals surface area contributed by atoms with Crippen molar-refractivity contribution >= 4 is 0 Å². The predicted octanol–water partition coefficient (Wildman–Crippen LogP) is 7.01. The van der Waals surface area contributed by atoms with Gasteiger partial charge in [0.25, 0.3) is 0 Å². The van der Waals surface area contributed by atoms with Crippen molar-refractivity contribution in [3.63, 3.8) is 0 Å². The number of rotatable bonds is 19. The Morgan fingerprint density at radius 2 is 1.22 bits per heavy atom. The largest absolute Gasteiger partial charge is 0.486 e. The van der Waals surface area contributed by atoms with Gasteiger partial charge in [-0.05, 0) is 31.4 Å². The van der Waals surface area contributed by atoms with Crippen LogP contribution in [0.2, 0.25) is 0 Å². The highest BCUT2D eigenvalue weighted by Gasteiger charge is 2.20. The van der Waals surface area contributed by atoms with Crippen LogP contribution in [0.25, 0.3) is 0 Å². The molecule has 0 N–H and O–H groups in total. The quantitative estimate of drug-likeness (QED) is 0.168. The van der Waals surface area contributed by atoms with Gasteiger partial charge in [-0.2, -0.15) is 0 Å².